The van der Waals surface area contributed by atoms with Crippen molar-refractivity contribution in [3.63, 3.8) is 0 Å². The minimum Gasteiger partial charge on any atom is -0.454 e. The van der Waals surface area contributed by atoms with Crippen molar-refractivity contribution in [2.24, 2.45) is 0 Å². The van der Waals surface area contributed by atoms with Crippen molar-refractivity contribution >= 4 is 28.2 Å². The predicted octanol–water partition coefficient (Wildman–Crippen LogP) is 3.59. The molecule has 0 saturated carbocycles. The minimum atomic E-state index is -0.689. The molecule has 1 aliphatic rings. The normalized spacial score (nSPS) is 13.4. The summed E-state index contributed by atoms with van der Waals surface area (Å²) in [6.07, 6.45) is 5.14. The molecule has 1 N–H and O–H groups in total. The maximum atomic E-state index is 12.1. The van der Waals surface area contributed by atoms with E-state index in [4.69, 9.17) is 9.15 Å². The number of nitriles is 1. The second-order valence-electron chi connectivity index (χ2n) is 5.91. The molecule has 7 heteroatoms. The van der Waals surface area contributed by atoms with E-state index in [-0.39, 0.29) is 5.76 Å². The number of hydrogen-bond acceptors (Lipinski definition) is 6. The van der Waals surface area contributed by atoms with Crippen LogP contribution in [0.5, 0.6) is 0 Å². The van der Waals surface area contributed by atoms with Gasteiger partial charge in [-0.15, -0.1) is 11.3 Å². The smallest absolute Gasteiger partial charge is 0.374 e. The topological polar surface area (TPSA) is 92.3 Å². The van der Waals surface area contributed by atoms with E-state index in [1.54, 1.807) is 13.0 Å². The number of ether oxygens (including phenoxy) is 1. The van der Waals surface area contributed by atoms with Crippen LogP contribution in [0.3, 0.4) is 0 Å². The Balaban J connectivity index is 1.63. The molecule has 1 aliphatic carbocycles. The van der Waals surface area contributed by atoms with Gasteiger partial charge in [-0.1, -0.05) is 6.42 Å². The highest BCUT2D eigenvalue weighted by molar-refractivity contribution is 7.16. The van der Waals surface area contributed by atoms with Crippen molar-refractivity contribution in [1.82, 2.24) is 0 Å². The van der Waals surface area contributed by atoms with E-state index in [2.05, 4.69) is 11.4 Å². The number of anilines is 1. The molecule has 0 bridgehead atoms. The number of rotatable bonds is 4. The van der Waals surface area contributed by atoms with Crippen molar-refractivity contribution in [3.8, 4) is 6.07 Å². The van der Waals surface area contributed by atoms with Crippen molar-refractivity contribution in [2.45, 2.75) is 39.0 Å². The van der Waals surface area contributed by atoms with E-state index in [1.807, 2.05) is 0 Å². The number of fused-ring (bicyclic) bond motifs is 1. The number of hydrogen-bond donors (Lipinski definition) is 1. The van der Waals surface area contributed by atoms with E-state index in [9.17, 15) is 14.9 Å². The lowest BCUT2D eigenvalue weighted by molar-refractivity contribution is -0.119. The van der Waals surface area contributed by atoms with Crippen LogP contribution in [0.25, 0.3) is 0 Å². The van der Waals surface area contributed by atoms with E-state index >= 15 is 0 Å². The number of amides is 1. The van der Waals surface area contributed by atoms with Crippen LogP contribution in [0.1, 0.15) is 51.6 Å². The molecule has 6 nitrogen and oxygen atoms in total. The summed E-state index contributed by atoms with van der Waals surface area (Å²) in [5, 5.41) is 12.7. The molecule has 0 aliphatic heterocycles. The van der Waals surface area contributed by atoms with Gasteiger partial charge in [-0.2, -0.15) is 5.26 Å². The molecule has 0 saturated heterocycles. The monoisotopic (exact) mass is 358 g/mol. The molecule has 0 fully saturated rings. The Kier molecular flexibility index (Phi) is 5.19. The first-order valence-electron chi connectivity index (χ1n) is 8.16. The average Bonchev–Trinajstić information content (AvgIpc) is 3.08. The Morgan fingerprint density at radius 3 is 2.84 bits per heavy atom. The number of carbonyl (C=O) groups excluding carboxylic acids is 2. The van der Waals surface area contributed by atoms with Gasteiger partial charge in [0.15, 0.2) is 6.61 Å². The van der Waals surface area contributed by atoms with Crippen LogP contribution in [0, 0.1) is 18.3 Å². The van der Waals surface area contributed by atoms with E-state index < -0.39 is 18.5 Å². The molecular weight excluding hydrogens is 340 g/mol. The Labute approximate surface area is 149 Å². The third kappa shape index (κ3) is 3.91. The van der Waals surface area contributed by atoms with Gasteiger partial charge in [0.25, 0.3) is 5.91 Å². The fraction of sp³-hybridized carbons (Fsp3) is 0.389. The Bertz CT molecular complexity index is 844. The van der Waals surface area contributed by atoms with Crippen molar-refractivity contribution in [2.75, 3.05) is 11.9 Å². The zero-order valence-corrected chi connectivity index (χ0v) is 14.7. The number of carbonyl (C=O) groups is 2. The van der Waals surface area contributed by atoms with Gasteiger partial charge < -0.3 is 14.5 Å². The van der Waals surface area contributed by atoms with Gasteiger partial charge in [-0.05, 0) is 50.3 Å². The first-order valence-corrected chi connectivity index (χ1v) is 8.98. The summed E-state index contributed by atoms with van der Waals surface area (Å²) in [4.78, 5) is 25.0. The Morgan fingerprint density at radius 2 is 2.12 bits per heavy atom. The van der Waals surface area contributed by atoms with Gasteiger partial charge in [0.1, 0.15) is 16.8 Å². The van der Waals surface area contributed by atoms with Crippen molar-refractivity contribution < 1.29 is 18.7 Å². The summed E-state index contributed by atoms with van der Waals surface area (Å²) in [5.41, 5.74) is 1.60. The van der Waals surface area contributed by atoms with Crippen molar-refractivity contribution in [1.29, 1.82) is 5.26 Å². The molecular formula is C18H18N2O4S. The second-order valence-corrected chi connectivity index (χ2v) is 7.02. The highest BCUT2D eigenvalue weighted by atomic mass is 32.1. The van der Waals surface area contributed by atoms with E-state index in [0.717, 1.165) is 37.7 Å². The van der Waals surface area contributed by atoms with E-state index in [1.165, 1.54) is 22.3 Å². The third-order valence-electron chi connectivity index (χ3n) is 4.06. The summed E-state index contributed by atoms with van der Waals surface area (Å²) in [5.74, 6) is -0.503. The number of thiophene rings is 1. The summed E-state index contributed by atoms with van der Waals surface area (Å²) < 4.78 is 10.1. The molecule has 0 spiro atoms. The third-order valence-corrected chi connectivity index (χ3v) is 5.27. The SMILES string of the molecule is Cc1ccc(C(=O)OCC(=O)Nc2sc3c(c2C#N)CCCCC3)o1. The van der Waals surface area contributed by atoms with Gasteiger partial charge in [-0.25, -0.2) is 4.79 Å². The maximum Gasteiger partial charge on any atom is 0.374 e. The lowest BCUT2D eigenvalue weighted by Crippen LogP contribution is -2.20. The number of furan rings is 1. The van der Waals surface area contributed by atoms with Crippen LogP contribution in [0.2, 0.25) is 0 Å². The fourth-order valence-electron chi connectivity index (χ4n) is 2.86. The van der Waals surface area contributed by atoms with Crippen molar-refractivity contribution in [3.05, 3.63) is 39.7 Å². The second kappa shape index (κ2) is 7.53. The van der Waals surface area contributed by atoms with Gasteiger partial charge >= 0.3 is 5.97 Å². The molecule has 0 radical (unpaired) electrons. The molecule has 2 aromatic heterocycles. The largest absolute Gasteiger partial charge is 0.454 e. The van der Waals surface area contributed by atoms with Crippen LogP contribution in [-0.4, -0.2) is 18.5 Å². The number of nitrogens with zero attached hydrogens (tertiary/aromatic N) is 1. The average molecular weight is 358 g/mol. The molecule has 3 rings (SSSR count). The van der Waals surface area contributed by atoms with Gasteiger partial charge in [0, 0.05) is 4.88 Å². The molecule has 25 heavy (non-hydrogen) atoms. The standard InChI is InChI=1S/C18H18N2O4S/c1-11-7-8-14(24-11)18(22)23-10-16(21)20-17-13(9-19)12-5-3-2-4-6-15(12)25-17/h7-8H,2-6,10H2,1H3,(H,20,21). The van der Waals surface area contributed by atoms with Crippen LogP contribution in [0.4, 0.5) is 5.00 Å². The zero-order valence-electron chi connectivity index (χ0n) is 13.9. The minimum absolute atomic E-state index is 0.0610. The Morgan fingerprint density at radius 1 is 1.32 bits per heavy atom. The maximum absolute atomic E-state index is 12.1. The van der Waals surface area contributed by atoms with Gasteiger partial charge in [0.05, 0.1) is 5.56 Å². The molecule has 1 amide bonds. The number of esters is 1. The molecule has 130 valence electrons. The van der Waals surface area contributed by atoms with Gasteiger partial charge in [0.2, 0.25) is 5.76 Å². The quantitative estimate of drug-likeness (QED) is 0.666. The van der Waals surface area contributed by atoms with Gasteiger partial charge in [-0.3, -0.25) is 4.79 Å². The molecule has 0 aromatic carbocycles. The van der Waals surface area contributed by atoms with Crippen LogP contribution in [-0.2, 0) is 22.4 Å². The van der Waals surface area contributed by atoms with E-state index in [0.29, 0.717) is 16.3 Å². The molecule has 2 heterocycles. The molecule has 0 unspecified atom stereocenters. The zero-order chi connectivity index (χ0) is 17.8. The Hall–Kier alpha value is -2.59. The fourth-order valence-corrected chi connectivity index (χ4v) is 4.11. The lowest BCUT2D eigenvalue weighted by Gasteiger charge is -2.05. The molecule has 2 aromatic rings. The first kappa shape index (κ1) is 17.2. The van der Waals surface area contributed by atoms with Crippen LogP contribution >= 0.6 is 11.3 Å². The number of nitrogens with one attached hydrogen (secondary N) is 1. The predicted molar refractivity (Wildman–Crippen MR) is 92.7 cm³/mol. The first-order chi connectivity index (χ1) is 12.1. The summed E-state index contributed by atoms with van der Waals surface area (Å²) in [6, 6.07) is 5.35. The summed E-state index contributed by atoms with van der Waals surface area (Å²) in [7, 11) is 0. The summed E-state index contributed by atoms with van der Waals surface area (Å²) in [6.45, 7) is 1.29. The van der Waals surface area contributed by atoms with Crippen LogP contribution in [0.15, 0.2) is 16.5 Å². The molecule has 0 atom stereocenters. The highest BCUT2D eigenvalue weighted by Gasteiger charge is 2.21. The number of aryl methyl sites for hydroxylation is 2. The van der Waals surface area contributed by atoms with Crippen LogP contribution < -0.4 is 5.32 Å². The summed E-state index contributed by atoms with van der Waals surface area (Å²) >= 11 is 1.45. The highest BCUT2D eigenvalue weighted by Crippen LogP contribution is 2.36. The lowest BCUT2D eigenvalue weighted by atomic mass is 10.1.